The Morgan fingerprint density at radius 1 is 1.60 bits per heavy atom. The fourth-order valence-corrected chi connectivity index (χ4v) is 0.904. The van der Waals surface area contributed by atoms with Crippen molar-refractivity contribution in [2.45, 2.75) is 5.03 Å². The second kappa shape index (κ2) is 3.41. The number of hydrogen-bond donors (Lipinski definition) is 0. The summed E-state index contributed by atoms with van der Waals surface area (Å²) in [5.41, 5.74) is 0. The van der Waals surface area contributed by atoms with Crippen molar-refractivity contribution < 1.29 is 4.74 Å². The van der Waals surface area contributed by atoms with E-state index in [9.17, 15) is 0 Å². The van der Waals surface area contributed by atoms with Gasteiger partial charge in [-0.15, -0.1) is 11.8 Å². The molecule has 0 N–H and O–H groups in total. The average Bonchev–Trinajstić information content (AvgIpc) is 2.05. The predicted octanol–water partition coefficient (Wildman–Crippen LogP) is 1.21. The maximum Gasteiger partial charge on any atom is 0.317 e. The Morgan fingerprint density at radius 2 is 2.40 bits per heavy atom. The van der Waals surface area contributed by atoms with Crippen LogP contribution in [0.15, 0.2) is 17.3 Å². The van der Waals surface area contributed by atoms with Gasteiger partial charge in [0.25, 0.3) is 0 Å². The maximum atomic E-state index is 4.82. The number of nitrogens with zero attached hydrogens (tertiary/aromatic N) is 2. The lowest BCUT2D eigenvalue weighted by Crippen LogP contribution is -1.90. The number of aromatic nitrogens is 2. The molecule has 54 valence electrons. The zero-order valence-corrected chi connectivity index (χ0v) is 6.68. The summed E-state index contributed by atoms with van der Waals surface area (Å²) in [7, 11) is 1.56. The highest BCUT2D eigenvalue weighted by atomic mass is 32.2. The zero-order valence-electron chi connectivity index (χ0n) is 5.87. The molecule has 1 aromatic rings. The molecule has 10 heavy (non-hydrogen) atoms. The normalized spacial score (nSPS) is 9.40. The molecular weight excluding hydrogens is 148 g/mol. The molecule has 0 bridgehead atoms. The van der Waals surface area contributed by atoms with Crippen LogP contribution in [0.25, 0.3) is 0 Å². The third-order valence-electron chi connectivity index (χ3n) is 1.000. The molecule has 0 amide bonds. The summed E-state index contributed by atoms with van der Waals surface area (Å²) in [5.74, 6) is 0. The summed E-state index contributed by atoms with van der Waals surface area (Å²) in [6.45, 7) is 0. The summed E-state index contributed by atoms with van der Waals surface area (Å²) in [6, 6.07) is 2.26. The molecular formula is C6H8N2OS. The first kappa shape index (κ1) is 7.34. The molecule has 0 aliphatic carbocycles. The highest BCUT2D eigenvalue weighted by molar-refractivity contribution is 7.98. The van der Waals surface area contributed by atoms with E-state index in [-0.39, 0.29) is 0 Å². The van der Waals surface area contributed by atoms with Crippen LogP contribution < -0.4 is 4.74 Å². The van der Waals surface area contributed by atoms with Gasteiger partial charge in [0.1, 0.15) is 5.03 Å². The first-order valence-corrected chi connectivity index (χ1v) is 4.00. The summed E-state index contributed by atoms with van der Waals surface area (Å²) < 4.78 is 4.82. The van der Waals surface area contributed by atoms with Crippen molar-refractivity contribution >= 4 is 11.8 Å². The van der Waals surface area contributed by atoms with Gasteiger partial charge in [0.2, 0.25) is 0 Å². The summed E-state index contributed by atoms with van der Waals surface area (Å²) in [6.07, 6.45) is 3.64. The number of thioether (sulfide) groups is 1. The first-order chi connectivity index (χ1) is 4.86. The van der Waals surface area contributed by atoms with Gasteiger partial charge in [0, 0.05) is 6.20 Å². The third-order valence-corrected chi connectivity index (χ3v) is 1.65. The van der Waals surface area contributed by atoms with Crippen LogP contribution in [0.2, 0.25) is 0 Å². The molecule has 1 rings (SSSR count). The van der Waals surface area contributed by atoms with Crippen LogP contribution in [0, 0.1) is 0 Å². The summed E-state index contributed by atoms with van der Waals surface area (Å²) >= 11 is 1.57. The fraction of sp³-hybridized carbons (Fsp3) is 0.333. The monoisotopic (exact) mass is 156 g/mol. The van der Waals surface area contributed by atoms with E-state index >= 15 is 0 Å². The van der Waals surface area contributed by atoms with E-state index in [0.717, 1.165) is 5.03 Å². The molecule has 0 aliphatic heterocycles. The highest BCUT2D eigenvalue weighted by Crippen LogP contribution is 2.11. The number of hydrogen-bond acceptors (Lipinski definition) is 4. The Balaban J connectivity index is 2.87. The van der Waals surface area contributed by atoms with Gasteiger partial charge >= 0.3 is 6.01 Å². The molecule has 0 aliphatic rings. The van der Waals surface area contributed by atoms with Crippen molar-refractivity contribution in [1.82, 2.24) is 9.97 Å². The van der Waals surface area contributed by atoms with Crippen molar-refractivity contribution in [1.29, 1.82) is 0 Å². The Morgan fingerprint density at radius 3 is 3.00 bits per heavy atom. The summed E-state index contributed by atoms with van der Waals surface area (Å²) in [4.78, 5) is 7.90. The molecule has 0 spiro atoms. The molecule has 0 atom stereocenters. The van der Waals surface area contributed by atoms with Gasteiger partial charge in [-0.1, -0.05) is 0 Å². The number of ether oxygens (including phenoxy) is 1. The van der Waals surface area contributed by atoms with Crippen molar-refractivity contribution in [3.8, 4) is 6.01 Å². The van der Waals surface area contributed by atoms with Crippen LogP contribution in [-0.2, 0) is 0 Å². The lowest BCUT2D eigenvalue weighted by atomic mass is 10.7. The third kappa shape index (κ3) is 1.60. The highest BCUT2D eigenvalue weighted by Gasteiger charge is 1.94. The molecule has 0 radical (unpaired) electrons. The van der Waals surface area contributed by atoms with Gasteiger partial charge < -0.3 is 4.74 Å². The van der Waals surface area contributed by atoms with Crippen LogP contribution in [0.1, 0.15) is 0 Å². The van der Waals surface area contributed by atoms with E-state index < -0.39 is 0 Å². The van der Waals surface area contributed by atoms with E-state index in [1.54, 1.807) is 25.1 Å². The maximum absolute atomic E-state index is 4.82. The topological polar surface area (TPSA) is 35.0 Å². The smallest absolute Gasteiger partial charge is 0.317 e. The van der Waals surface area contributed by atoms with Gasteiger partial charge in [0.05, 0.1) is 7.11 Å². The average molecular weight is 156 g/mol. The van der Waals surface area contributed by atoms with Gasteiger partial charge in [0.15, 0.2) is 0 Å². The minimum atomic E-state index is 0.423. The van der Waals surface area contributed by atoms with Crippen molar-refractivity contribution in [2.75, 3.05) is 13.4 Å². The molecule has 0 saturated carbocycles. The van der Waals surface area contributed by atoms with E-state index in [0.29, 0.717) is 6.01 Å². The van der Waals surface area contributed by atoms with Crippen LogP contribution >= 0.6 is 11.8 Å². The predicted molar refractivity (Wildman–Crippen MR) is 40.4 cm³/mol. The second-order valence-electron chi connectivity index (χ2n) is 1.59. The molecule has 0 aromatic carbocycles. The van der Waals surface area contributed by atoms with E-state index in [1.807, 2.05) is 12.3 Å². The largest absolute Gasteiger partial charge is 0.467 e. The van der Waals surface area contributed by atoms with Gasteiger partial charge in [-0.25, -0.2) is 4.98 Å². The Kier molecular flexibility index (Phi) is 2.50. The Hall–Kier alpha value is -0.770. The molecule has 1 aromatic heterocycles. The summed E-state index contributed by atoms with van der Waals surface area (Å²) in [5, 5.41) is 0.923. The molecule has 0 unspecified atom stereocenters. The minimum absolute atomic E-state index is 0.423. The minimum Gasteiger partial charge on any atom is -0.467 e. The standard InChI is InChI=1S/C6H8N2OS/c1-9-6-7-4-3-5(8-6)10-2/h3-4H,1-2H3. The van der Waals surface area contributed by atoms with Gasteiger partial charge in [-0.2, -0.15) is 4.98 Å². The lowest BCUT2D eigenvalue weighted by molar-refractivity contribution is 0.376. The Labute approximate surface area is 63.8 Å². The van der Waals surface area contributed by atoms with Crippen molar-refractivity contribution in [3.05, 3.63) is 12.3 Å². The van der Waals surface area contributed by atoms with E-state index in [4.69, 9.17) is 4.74 Å². The lowest BCUT2D eigenvalue weighted by Gasteiger charge is -1.97. The fourth-order valence-electron chi connectivity index (χ4n) is 0.537. The molecule has 0 saturated heterocycles. The second-order valence-corrected chi connectivity index (χ2v) is 2.41. The SMILES string of the molecule is COc1nccc(SC)n1. The van der Waals surface area contributed by atoms with Crippen LogP contribution in [0.3, 0.4) is 0 Å². The first-order valence-electron chi connectivity index (χ1n) is 2.78. The van der Waals surface area contributed by atoms with Crippen molar-refractivity contribution in [2.24, 2.45) is 0 Å². The van der Waals surface area contributed by atoms with E-state index in [2.05, 4.69) is 9.97 Å². The molecule has 4 heteroatoms. The van der Waals surface area contributed by atoms with E-state index in [1.165, 1.54) is 0 Å². The quantitative estimate of drug-likeness (QED) is 0.476. The molecule has 1 heterocycles. The number of rotatable bonds is 2. The molecule has 0 fully saturated rings. The van der Waals surface area contributed by atoms with Gasteiger partial charge in [-0.3, -0.25) is 0 Å². The van der Waals surface area contributed by atoms with Crippen LogP contribution in [0.4, 0.5) is 0 Å². The Bertz CT molecular complexity index is 197. The number of methoxy groups -OCH3 is 1. The van der Waals surface area contributed by atoms with Gasteiger partial charge in [-0.05, 0) is 12.3 Å². The zero-order chi connectivity index (χ0) is 7.40. The van der Waals surface area contributed by atoms with Crippen LogP contribution in [0.5, 0.6) is 6.01 Å². The van der Waals surface area contributed by atoms with Crippen LogP contribution in [-0.4, -0.2) is 23.3 Å². The van der Waals surface area contributed by atoms with Crippen molar-refractivity contribution in [3.63, 3.8) is 0 Å². The molecule has 3 nitrogen and oxygen atoms in total.